The highest BCUT2D eigenvalue weighted by atomic mass is 31.2. The average Bonchev–Trinajstić information content (AvgIpc) is 3.10. The molecule has 0 heterocycles. The maximum absolute atomic E-state index is 12.5. The number of allylic oxidation sites excluding steroid dienone is 6. The van der Waals surface area contributed by atoms with Crippen LogP contribution in [0.15, 0.2) is 36.5 Å². The fourth-order valence-electron chi connectivity index (χ4n) is 5.45. The number of carbonyl (C=O) groups is 2. The van der Waals surface area contributed by atoms with Gasteiger partial charge in [0, 0.05) is 20.0 Å². The predicted molar refractivity (Wildman–Crippen MR) is 207 cm³/mol. The molecule has 0 rings (SSSR count). The number of phosphoric ester groups is 1. The molecule has 2 unspecified atom stereocenters. The number of hydrogen-bond acceptors (Lipinski definition) is 7. The third kappa shape index (κ3) is 36.1. The Labute approximate surface area is 306 Å². The van der Waals surface area contributed by atoms with Gasteiger partial charge in [0.2, 0.25) is 0 Å². The van der Waals surface area contributed by atoms with E-state index in [9.17, 15) is 19.0 Å². The van der Waals surface area contributed by atoms with Gasteiger partial charge in [0.15, 0.2) is 6.10 Å². The van der Waals surface area contributed by atoms with Crippen molar-refractivity contribution in [3.8, 4) is 0 Å². The van der Waals surface area contributed by atoms with Crippen LogP contribution in [0, 0.1) is 0 Å². The largest absolute Gasteiger partial charge is 0.472 e. The number of ether oxygens (including phenoxy) is 2. The summed E-state index contributed by atoms with van der Waals surface area (Å²) in [6.45, 7) is 3.82. The Hall–Kier alpha value is -1.73. The van der Waals surface area contributed by atoms with Gasteiger partial charge in [-0.25, -0.2) is 4.57 Å². The van der Waals surface area contributed by atoms with Crippen molar-refractivity contribution in [3.63, 3.8) is 0 Å². The molecule has 0 amide bonds. The molecule has 9 heteroatoms. The first-order chi connectivity index (χ1) is 24.3. The topological polar surface area (TPSA) is 108 Å². The Morgan fingerprint density at radius 2 is 0.960 bits per heavy atom. The Bertz CT molecular complexity index is 916. The third-order valence-electron chi connectivity index (χ3n) is 8.61. The number of hydrogen-bond donors (Lipinski definition) is 1. The van der Waals surface area contributed by atoms with E-state index in [1.54, 1.807) is 0 Å². The van der Waals surface area contributed by atoms with Crippen LogP contribution in [0.2, 0.25) is 0 Å². The minimum Gasteiger partial charge on any atom is -0.462 e. The van der Waals surface area contributed by atoms with E-state index in [-0.39, 0.29) is 25.4 Å². The second-order valence-electron chi connectivity index (χ2n) is 13.4. The monoisotopic (exact) mass is 727 g/mol. The lowest BCUT2D eigenvalue weighted by molar-refractivity contribution is -0.161. The molecule has 0 spiro atoms. The summed E-state index contributed by atoms with van der Waals surface area (Å²) in [5.74, 6) is -0.819. The van der Waals surface area contributed by atoms with Gasteiger partial charge in [-0.3, -0.25) is 18.6 Å². The van der Waals surface area contributed by atoms with Gasteiger partial charge in [-0.15, -0.1) is 0 Å². The van der Waals surface area contributed by atoms with Gasteiger partial charge >= 0.3 is 19.8 Å². The Morgan fingerprint density at radius 1 is 0.560 bits per heavy atom. The van der Waals surface area contributed by atoms with E-state index in [0.29, 0.717) is 6.42 Å². The summed E-state index contributed by atoms with van der Waals surface area (Å²) in [7, 11) is -3.20. The van der Waals surface area contributed by atoms with E-state index < -0.39 is 26.5 Å². The van der Waals surface area contributed by atoms with Crippen molar-refractivity contribution < 1.29 is 37.6 Å². The van der Waals surface area contributed by atoms with Crippen LogP contribution < -0.4 is 0 Å². The van der Waals surface area contributed by atoms with Gasteiger partial charge in [0.05, 0.1) is 6.61 Å². The first-order valence-corrected chi connectivity index (χ1v) is 21.7. The lowest BCUT2D eigenvalue weighted by atomic mass is 10.1. The lowest BCUT2D eigenvalue weighted by Crippen LogP contribution is -2.29. The lowest BCUT2D eigenvalue weighted by Gasteiger charge is -2.19. The highest BCUT2D eigenvalue weighted by Crippen LogP contribution is 2.42. The van der Waals surface area contributed by atoms with Crippen LogP contribution in [0.1, 0.15) is 187 Å². The van der Waals surface area contributed by atoms with Gasteiger partial charge < -0.3 is 14.4 Å². The maximum atomic E-state index is 12.5. The molecule has 0 aromatic heterocycles. The van der Waals surface area contributed by atoms with Gasteiger partial charge in [0.1, 0.15) is 6.61 Å². The van der Waals surface area contributed by atoms with Crippen LogP contribution in [0.4, 0.5) is 0 Å². The van der Waals surface area contributed by atoms with Crippen LogP contribution >= 0.6 is 7.82 Å². The predicted octanol–water partition coefficient (Wildman–Crippen LogP) is 12.4. The molecule has 0 aliphatic rings. The first kappa shape index (κ1) is 48.3. The van der Waals surface area contributed by atoms with Crippen LogP contribution in [-0.4, -0.2) is 43.3 Å². The highest BCUT2D eigenvalue weighted by molar-refractivity contribution is 7.47. The zero-order valence-electron chi connectivity index (χ0n) is 32.3. The maximum Gasteiger partial charge on any atom is 0.472 e. The quantitative estimate of drug-likeness (QED) is 0.0292. The molecule has 292 valence electrons. The Balaban J connectivity index is 4.02. The van der Waals surface area contributed by atoms with E-state index >= 15 is 0 Å². The zero-order valence-corrected chi connectivity index (χ0v) is 33.2. The number of unbranched alkanes of at least 4 members (excludes halogenated alkanes) is 20. The second kappa shape index (κ2) is 37.0. The van der Waals surface area contributed by atoms with Crippen molar-refractivity contribution in [2.75, 3.05) is 20.3 Å². The summed E-state index contributed by atoms with van der Waals surface area (Å²) in [6, 6.07) is 0. The van der Waals surface area contributed by atoms with E-state index in [0.717, 1.165) is 71.3 Å². The molecule has 0 aliphatic carbocycles. The molecular formula is C41H75O8P. The fourth-order valence-corrected chi connectivity index (χ4v) is 5.91. The number of carbonyl (C=O) groups excluding carboxylic acids is 2. The molecule has 0 aromatic rings. The molecule has 50 heavy (non-hydrogen) atoms. The normalized spacial score (nSPS) is 13.8. The second-order valence-corrected chi connectivity index (χ2v) is 15.0. The smallest absolute Gasteiger partial charge is 0.462 e. The van der Waals surface area contributed by atoms with Gasteiger partial charge in [-0.05, 0) is 70.6 Å². The third-order valence-corrected chi connectivity index (χ3v) is 9.54. The highest BCUT2D eigenvalue weighted by Gasteiger charge is 2.24. The SMILES string of the molecule is CCCCC/C=C\C/C=C\CCCCCCCCCCCC(=O)OC(COC(=O)CCCCCCC/C=C\CCCCC)COP(=O)(O)OC. The van der Waals surface area contributed by atoms with E-state index in [4.69, 9.17) is 14.0 Å². The number of phosphoric acid groups is 1. The molecule has 0 aliphatic heterocycles. The van der Waals surface area contributed by atoms with Gasteiger partial charge in [0.25, 0.3) is 0 Å². The molecule has 8 nitrogen and oxygen atoms in total. The summed E-state index contributed by atoms with van der Waals surface area (Å²) in [6.07, 6.45) is 41.9. The fraction of sp³-hybridized carbons (Fsp3) is 0.805. The zero-order chi connectivity index (χ0) is 36.8. The first-order valence-electron chi connectivity index (χ1n) is 20.2. The summed E-state index contributed by atoms with van der Waals surface area (Å²) >= 11 is 0. The van der Waals surface area contributed by atoms with Gasteiger partial charge in [-0.1, -0.05) is 140 Å². The molecule has 0 aromatic carbocycles. The van der Waals surface area contributed by atoms with Gasteiger partial charge in [-0.2, -0.15) is 0 Å². The summed E-state index contributed by atoms with van der Waals surface area (Å²) in [5, 5.41) is 0. The minimum absolute atomic E-state index is 0.230. The minimum atomic E-state index is -4.26. The summed E-state index contributed by atoms with van der Waals surface area (Å²) in [5.41, 5.74) is 0. The van der Waals surface area contributed by atoms with Crippen molar-refractivity contribution in [3.05, 3.63) is 36.5 Å². The molecule has 0 fully saturated rings. The van der Waals surface area contributed by atoms with Crippen LogP contribution in [0.25, 0.3) is 0 Å². The van der Waals surface area contributed by atoms with Crippen molar-refractivity contribution in [2.45, 2.75) is 193 Å². The molecule has 2 atom stereocenters. The standard InChI is InChI=1S/C41H75O8P/c1-4-6-8-10-12-14-16-18-19-20-21-22-23-24-26-28-30-32-34-36-41(43)49-39(38-48-50(44,45)46-3)37-47-40(42)35-33-31-29-27-25-17-15-13-11-9-7-5-2/h12-15,18-19,39H,4-11,16-17,20-38H2,1-3H3,(H,44,45)/b14-12-,15-13-,19-18-. The van der Waals surface area contributed by atoms with Crippen LogP contribution in [-0.2, 0) is 32.7 Å². The van der Waals surface area contributed by atoms with E-state index in [1.807, 2.05) is 0 Å². The molecule has 0 saturated carbocycles. The summed E-state index contributed by atoms with van der Waals surface area (Å²) < 4.78 is 31.9. The van der Waals surface area contributed by atoms with Crippen molar-refractivity contribution in [1.82, 2.24) is 0 Å². The number of esters is 2. The molecule has 0 saturated heterocycles. The molecular weight excluding hydrogens is 651 g/mol. The van der Waals surface area contributed by atoms with E-state index in [2.05, 4.69) is 54.8 Å². The number of rotatable bonds is 37. The van der Waals surface area contributed by atoms with Crippen LogP contribution in [0.3, 0.4) is 0 Å². The Kier molecular flexibility index (Phi) is 35.8. The van der Waals surface area contributed by atoms with Crippen LogP contribution in [0.5, 0.6) is 0 Å². The van der Waals surface area contributed by atoms with Crippen molar-refractivity contribution in [1.29, 1.82) is 0 Å². The molecule has 0 radical (unpaired) electrons. The van der Waals surface area contributed by atoms with Crippen molar-refractivity contribution >= 4 is 19.8 Å². The van der Waals surface area contributed by atoms with Crippen molar-refractivity contribution in [2.24, 2.45) is 0 Å². The average molecular weight is 727 g/mol. The Morgan fingerprint density at radius 3 is 1.42 bits per heavy atom. The van der Waals surface area contributed by atoms with E-state index in [1.165, 1.54) is 89.9 Å². The molecule has 1 N–H and O–H groups in total. The summed E-state index contributed by atoms with van der Waals surface area (Å²) in [4.78, 5) is 34.4. The molecule has 0 bridgehead atoms.